The molecule has 2 aliphatic heterocycles. The number of hydrogen-bond donors (Lipinski definition) is 2. The SMILES string of the molecule is [2H]C([2H])([2H])n1nnc(-c2ccc(-c3cnc(N(C4CC4)[C@H]4C[C@]5(C)CC[C@@](C)(N5)[C@H]4F)nn3)c(O)c2)n1. The van der Waals surface area contributed by atoms with Gasteiger partial charge in [0.1, 0.15) is 17.6 Å². The molecule has 10 nitrogen and oxygen atoms in total. The van der Waals surface area contributed by atoms with Crippen LogP contribution in [0.5, 0.6) is 5.75 Å². The Balaban J connectivity index is 1.26. The van der Waals surface area contributed by atoms with Gasteiger partial charge in [-0.15, -0.1) is 20.4 Å². The third-order valence-electron chi connectivity index (χ3n) is 7.41. The van der Waals surface area contributed by atoms with Gasteiger partial charge in [-0.1, -0.05) is 6.07 Å². The molecule has 4 atom stereocenters. The largest absolute Gasteiger partial charge is 0.507 e. The summed E-state index contributed by atoms with van der Waals surface area (Å²) in [6.07, 6.45) is 4.83. The second-order valence-corrected chi connectivity index (χ2v) is 10.2. The molecule has 34 heavy (non-hydrogen) atoms. The van der Waals surface area contributed by atoms with Gasteiger partial charge in [0, 0.05) is 32.4 Å². The quantitative estimate of drug-likeness (QED) is 0.582. The van der Waals surface area contributed by atoms with Gasteiger partial charge in [-0.25, -0.2) is 9.37 Å². The molecular weight excluding hydrogens is 437 g/mol. The predicted molar refractivity (Wildman–Crippen MR) is 123 cm³/mol. The summed E-state index contributed by atoms with van der Waals surface area (Å²) in [7, 11) is 0. The van der Waals surface area contributed by atoms with E-state index >= 15 is 4.39 Å². The lowest BCUT2D eigenvalue weighted by molar-refractivity contribution is 0.0828. The molecule has 3 aliphatic rings. The molecule has 1 saturated carbocycles. The van der Waals surface area contributed by atoms with Gasteiger partial charge in [-0.05, 0) is 63.3 Å². The molecule has 11 heteroatoms. The number of nitrogens with one attached hydrogen (secondary N) is 1. The molecule has 2 aromatic heterocycles. The van der Waals surface area contributed by atoms with Gasteiger partial charge in [0.15, 0.2) is 0 Å². The first kappa shape index (κ1) is 18.2. The number of aryl methyl sites for hydroxylation is 1. The fourth-order valence-corrected chi connectivity index (χ4v) is 5.60. The lowest BCUT2D eigenvalue weighted by Crippen LogP contribution is -2.66. The molecule has 3 aromatic rings. The lowest BCUT2D eigenvalue weighted by Gasteiger charge is -2.48. The number of phenolic OH excluding ortho intramolecular Hbond substituents is 1. The van der Waals surface area contributed by atoms with Crippen LogP contribution in [0.15, 0.2) is 24.4 Å². The minimum atomic E-state index is -2.55. The second-order valence-electron chi connectivity index (χ2n) is 10.2. The highest BCUT2D eigenvalue weighted by atomic mass is 19.1. The van der Waals surface area contributed by atoms with Crippen molar-refractivity contribution in [2.45, 2.75) is 75.3 Å². The smallest absolute Gasteiger partial charge is 0.245 e. The van der Waals surface area contributed by atoms with Crippen molar-refractivity contribution in [1.29, 1.82) is 0 Å². The van der Waals surface area contributed by atoms with Gasteiger partial charge in [0.2, 0.25) is 11.8 Å². The number of fused-ring (bicyclic) bond motifs is 2. The number of halogens is 1. The summed E-state index contributed by atoms with van der Waals surface area (Å²) >= 11 is 0. The topological polar surface area (TPSA) is 118 Å². The zero-order valence-corrected chi connectivity index (χ0v) is 19.0. The molecule has 1 aromatic carbocycles. The van der Waals surface area contributed by atoms with Crippen LogP contribution < -0.4 is 10.2 Å². The molecule has 1 aliphatic carbocycles. The van der Waals surface area contributed by atoms with Crippen molar-refractivity contribution in [2.24, 2.45) is 6.98 Å². The van der Waals surface area contributed by atoms with Gasteiger partial charge < -0.3 is 15.3 Å². The van der Waals surface area contributed by atoms with Gasteiger partial charge >= 0.3 is 0 Å². The molecular formula is C23H28FN9O. The summed E-state index contributed by atoms with van der Waals surface area (Å²) in [5.74, 6) is 0.343. The third kappa shape index (κ3) is 3.49. The van der Waals surface area contributed by atoms with Crippen molar-refractivity contribution in [3.8, 4) is 28.4 Å². The molecule has 2 saturated heterocycles. The third-order valence-corrected chi connectivity index (χ3v) is 7.41. The number of tetrazole rings is 1. The Morgan fingerprint density at radius 1 is 1.24 bits per heavy atom. The van der Waals surface area contributed by atoms with Crippen molar-refractivity contribution >= 4 is 5.95 Å². The van der Waals surface area contributed by atoms with E-state index in [0.29, 0.717) is 34.0 Å². The number of piperidine rings is 1. The molecule has 178 valence electrons. The summed E-state index contributed by atoms with van der Waals surface area (Å²) in [5, 5.41) is 34.0. The van der Waals surface area contributed by atoms with E-state index in [0.717, 1.165) is 25.7 Å². The number of aromatic nitrogens is 7. The van der Waals surface area contributed by atoms with E-state index in [4.69, 9.17) is 4.11 Å². The Kier molecular flexibility index (Phi) is 3.95. The van der Waals surface area contributed by atoms with E-state index in [9.17, 15) is 5.11 Å². The van der Waals surface area contributed by atoms with Crippen LogP contribution in [-0.4, -0.2) is 69.8 Å². The highest BCUT2D eigenvalue weighted by Crippen LogP contribution is 2.47. The maximum Gasteiger partial charge on any atom is 0.245 e. The zero-order valence-electron chi connectivity index (χ0n) is 22.0. The summed E-state index contributed by atoms with van der Waals surface area (Å²) in [6.45, 7) is 1.58. The van der Waals surface area contributed by atoms with Gasteiger partial charge in [-0.2, -0.15) is 4.80 Å². The number of phenols is 1. The van der Waals surface area contributed by atoms with Crippen molar-refractivity contribution in [3.63, 3.8) is 0 Å². The minimum Gasteiger partial charge on any atom is -0.507 e. The van der Waals surface area contributed by atoms with Gasteiger partial charge in [-0.3, -0.25) is 0 Å². The lowest BCUT2D eigenvalue weighted by atomic mass is 9.82. The molecule has 0 spiro atoms. The first-order valence-electron chi connectivity index (χ1n) is 13.0. The summed E-state index contributed by atoms with van der Waals surface area (Å²) < 4.78 is 37.9. The van der Waals surface area contributed by atoms with Crippen LogP contribution in [0.3, 0.4) is 0 Å². The molecule has 3 fully saturated rings. The highest BCUT2D eigenvalue weighted by molar-refractivity contribution is 5.71. The Morgan fingerprint density at radius 2 is 2.09 bits per heavy atom. The monoisotopic (exact) mass is 468 g/mol. The zero-order chi connectivity index (χ0) is 26.2. The molecule has 0 unspecified atom stereocenters. The Hall–Kier alpha value is -3.21. The molecule has 6 rings (SSSR count). The fourth-order valence-electron chi connectivity index (χ4n) is 5.60. The van der Waals surface area contributed by atoms with Crippen molar-refractivity contribution in [2.75, 3.05) is 4.90 Å². The van der Waals surface area contributed by atoms with Crippen molar-refractivity contribution in [3.05, 3.63) is 24.4 Å². The van der Waals surface area contributed by atoms with E-state index in [1.807, 2.05) is 11.8 Å². The van der Waals surface area contributed by atoms with Crippen LogP contribution in [-0.2, 0) is 6.98 Å². The molecule has 0 radical (unpaired) electrons. The van der Waals surface area contributed by atoms with Gasteiger partial charge in [0.05, 0.1) is 19.2 Å². The van der Waals surface area contributed by atoms with E-state index in [1.165, 1.54) is 12.3 Å². The molecule has 2 N–H and O–H groups in total. The van der Waals surface area contributed by atoms with Crippen LogP contribution in [0, 0.1) is 0 Å². The first-order valence-corrected chi connectivity index (χ1v) is 11.5. The number of anilines is 1. The van der Waals surface area contributed by atoms with E-state index in [-0.39, 0.29) is 29.2 Å². The van der Waals surface area contributed by atoms with E-state index < -0.39 is 18.7 Å². The number of nitrogens with zero attached hydrogens (tertiary/aromatic N) is 8. The van der Waals surface area contributed by atoms with E-state index in [1.54, 1.807) is 12.1 Å². The van der Waals surface area contributed by atoms with Crippen LogP contribution in [0.2, 0.25) is 0 Å². The Morgan fingerprint density at radius 3 is 2.76 bits per heavy atom. The minimum absolute atomic E-state index is 0.0664. The molecule has 2 bridgehead atoms. The summed E-state index contributed by atoms with van der Waals surface area (Å²) in [4.78, 5) is 7.11. The van der Waals surface area contributed by atoms with Crippen molar-refractivity contribution < 1.29 is 13.6 Å². The molecule has 4 heterocycles. The van der Waals surface area contributed by atoms with Gasteiger partial charge in [0.25, 0.3) is 0 Å². The average molecular weight is 469 g/mol. The maximum absolute atomic E-state index is 15.8. The number of aromatic hydroxyl groups is 1. The highest BCUT2D eigenvalue weighted by Gasteiger charge is 2.58. The summed E-state index contributed by atoms with van der Waals surface area (Å²) in [6, 6.07) is 4.50. The van der Waals surface area contributed by atoms with Crippen LogP contribution in [0.1, 0.15) is 50.1 Å². The maximum atomic E-state index is 15.8. The molecule has 0 amide bonds. The number of alkyl halides is 1. The van der Waals surface area contributed by atoms with Crippen molar-refractivity contribution in [1.82, 2.24) is 40.7 Å². The van der Waals surface area contributed by atoms with Crippen LogP contribution >= 0.6 is 0 Å². The average Bonchev–Trinajstić information content (AvgIpc) is 3.45. The Bertz CT molecular complexity index is 1330. The standard InChI is InChI=1S/C23H28FN9O/c1-22-8-9-23(2,30-22)19(24)17(11-22)33(14-5-6-14)21-25-12-16(26-28-21)15-7-4-13(10-18(15)34)20-27-31-32(3)29-20/h4,7,10,12,14,17,19,30,34H,5-6,8-9,11H2,1-3H3/t17-,19-,22-,23+/m0/s1/i3D3. The normalized spacial score (nSPS) is 32.1. The first-order chi connectivity index (χ1) is 17.5. The fraction of sp³-hybridized carbons (Fsp3) is 0.565. The van der Waals surface area contributed by atoms with E-state index in [2.05, 4.69) is 42.8 Å². The second kappa shape index (κ2) is 7.39. The number of hydrogen-bond acceptors (Lipinski definition) is 9. The number of rotatable bonds is 5. The van der Waals surface area contributed by atoms with Crippen LogP contribution in [0.4, 0.5) is 10.3 Å². The van der Waals surface area contributed by atoms with Crippen LogP contribution in [0.25, 0.3) is 22.6 Å². The summed E-state index contributed by atoms with van der Waals surface area (Å²) in [5.41, 5.74) is 0.462. The predicted octanol–water partition coefficient (Wildman–Crippen LogP) is 2.41. The number of benzene rings is 1. The Labute approximate surface area is 200 Å².